The smallest absolute Gasteiger partial charge is 0.0790 e. The molecule has 0 atom stereocenters. The fourth-order valence-corrected chi connectivity index (χ4v) is 1.85. The maximum absolute atomic E-state index is 5.54. The minimum atomic E-state index is 0.489. The molecule has 0 aromatic rings. The van der Waals surface area contributed by atoms with E-state index in [0.29, 0.717) is 6.10 Å². The Morgan fingerprint density at radius 3 is 2.71 bits per heavy atom. The van der Waals surface area contributed by atoms with E-state index in [1.807, 2.05) is 6.08 Å². The molecule has 1 aliphatic rings. The van der Waals surface area contributed by atoms with E-state index in [2.05, 4.69) is 12.1 Å². The summed E-state index contributed by atoms with van der Waals surface area (Å²) in [6.45, 7) is 4.70. The second-order valence-corrected chi connectivity index (χ2v) is 4.06. The Bertz CT molecular complexity index is 141. The average Bonchev–Trinajstić information content (AvgIpc) is 2.69. The first-order valence-electron chi connectivity index (χ1n) is 5.93. The monoisotopic (exact) mass is 197 g/mol. The van der Waals surface area contributed by atoms with Crippen LogP contribution in [0.1, 0.15) is 51.4 Å². The van der Waals surface area contributed by atoms with Crippen LogP contribution in [-0.2, 0) is 4.84 Å². The molecule has 1 N–H and O–H groups in total. The molecule has 0 spiro atoms. The normalized spacial score (nSPS) is 17.4. The maximum Gasteiger partial charge on any atom is 0.0790 e. The highest BCUT2D eigenvalue weighted by Gasteiger charge is 2.14. The standard InChI is InChI=1S/C12H23NO/c1-2-3-4-5-8-11-13-14-12-9-6-7-10-12/h2,12-13H,1,3-11H2. The van der Waals surface area contributed by atoms with E-state index in [1.165, 1.54) is 44.9 Å². The molecule has 0 radical (unpaired) electrons. The van der Waals surface area contributed by atoms with Crippen molar-refractivity contribution < 1.29 is 4.84 Å². The van der Waals surface area contributed by atoms with Crippen molar-refractivity contribution >= 4 is 0 Å². The molecule has 0 heterocycles. The zero-order chi connectivity index (χ0) is 10.1. The molecule has 2 nitrogen and oxygen atoms in total. The van der Waals surface area contributed by atoms with Gasteiger partial charge in [-0.2, -0.15) is 0 Å². The first-order valence-corrected chi connectivity index (χ1v) is 5.93. The van der Waals surface area contributed by atoms with Crippen molar-refractivity contribution in [2.24, 2.45) is 0 Å². The summed E-state index contributed by atoms with van der Waals surface area (Å²) in [4.78, 5) is 5.54. The van der Waals surface area contributed by atoms with Gasteiger partial charge in [0.05, 0.1) is 6.10 Å². The van der Waals surface area contributed by atoms with Crippen LogP contribution in [0.15, 0.2) is 12.7 Å². The number of allylic oxidation sites excluding steroid dienone is 1. The van der Waals surface area contributed by atoms with E-state index < -0.39 is 0 Å². The summed E-state index contributed by atoms with van der Waals surface area (Å²) in [5.74, 6) is 0. The summed E-state index contributed by atoms with van der Waals surface area (Å²) in [5, 5.41) is 0. The van der Waals surface area contributed by atoms with Crippen molar-refractivity contribution in [3.8, 4) is 0 Å². The molecule has 0 aromatic heterocycles. The second kappa shape index (κ2) is 8.01. The van der Waals surface area contributed by atoms with Gasteiger partial charge in [-0.05, 0) is 32.1 Å². The molecule has 0 aromatic carbocycles. The average molecular weight is 197 g/mol. The van der Waals surface area contributed by atoms with Crippen LogP contribution >= 0.6 is 0 Å². The van der Waals surface area contributed by atoms with Gasteiger partial charge >= 0.3 is 0 Å². The van der Waals surface area contributed by atoms with Crippen LogP contribution in [0.25, 0.3) is 0 Å². The first-order chi connectivity index (χ1) is 6.93. The largest absolute Gasteiger partial charge is 0.299 e. The summed E-state index contributed by atoms with van der Waals surface area (Å²) in [6, 6.07) is 0. The number of hydroxylamine groups is 1. The van der Waals surface area contributed by atoms with Crippen LogP contribution in [0, 0.1) is 0 Å². The topological polar surface area (TPSA) is 21.3 Å². The predicted molar refractivity (Wildman–Crippen MR) is 60.0 cm³/mol. The summed E-state index contributed by atoms with van der Waals surface area (Å²) >= 11 is 0. The lowest BCUT2D eigenvalue weighted by Crippen LogP contribution is -2.22. The second-order valence-electron chi connectivity index (χ2n) is 4.06. The lowest BCUT2D eigenvalue weighted by Gasteiger charge is -2.11. The Morgan fingerprint density at radius 1 is 1.21 bits per heavy atom. The van der Waals surface area contributed by atoms with Gasteiger partial charge in [0.2, 0.25) is 0 Å². The van der Waals surface area contributed by atoms with Gasteiger partial charge in [-0.15, -0.1) is 6.58 Å². The molecule has 1 fully saturated rings. The van der Waals surface area contributed by atoms with Crippen LogP contribution in [0.4, 0.5) is 0 Å². The molecule has 14 heavy (non-hydrogen) atoms. The van der Waals surface area contributed by atoms with Gasteiger partial charge in [0.15, 0.2) is 0 Å². The molecule has 0 amide bonds. The maximum atomic E-state index is 5.54. The fraction of sp³-hybridized carbons (Fsp3) is 0.833. The van der Waals surface area contributed by atoms with Gasteiger partial charge in [0.1, 0.15) is 0 Å². The van der Waals surface area contributed by atoms with Gasteiger partial charge in [-0.3, -0.25) is 4.84 Å². The number of nitrogens with one attached hydrogen (secondary N) is 1. The Balaban J connectivity index is 1.77. The molecule has 0 bridgehead atoms. The van der Waals surface area contributed by atoms with Gasteiger partial charge in [-0.1, -0.05) is 25.3 Å². The highest BCUT2D eigenvalue weighted by molar-refractivity contribution is 4.66. The van der Waals surface area contributed by atoms with E-state index >= 15 is 0 Å². The SMILES string of the molecule is C=CCCCCCNOC1CCCC1. The highest BCUT2D eigenvalue weighted by Crippen LogP contribution is 2.19. The molecule has 1 saturated carbocycles. The predicted octanol–water partition coefficient (Wildman–Crippen LogP) is 3.20. The zero-order valence-electron chi connectivity index (χ0n) is 9.13. The number of hydrogen-bond acceptors (Lipinski definition) is 2. The third-order valence-electron chi connectivity index (χ3n) is 2.74. The molecule has 2 heteroatoms. The third kappa shape index (κ3) is 5.40. The molecular formula is C12H23NO. The van der Waals surface area contributed by atoms with Crippen molar-refractivity contribution in [3.05, 3.63) is 12.7 Å². The number of rotatable bonds is 8. The Labute approximate surface area is 87.7 Å². The van der Waals surface area contributed by atoms with E-state index in [4.69, 9.17) is 4.84 Å². The summed E-state index contributed by atoms with van der Waals surface area (Å²) in [5.41, 5.74) is 3.08. The van der Waals surface area contributed by atoms with Crippen LogP contribution in [0.5, 0.6) is 0 Å². The highest BCUT2D eigenvalue weighted by atomic mass is 16.7. The first kappa shape index (κ1) is 11.7. The molecule has 1 rings (SSSR count). The van der Waals surface area contributed by atoms with Gasteiger partial charge < -0.3 is 0 Å². The van der Waals surface area contributed by atoms with Crippen molar-refractivity contribution in [2.75, 3.05) is 6.54 Å². The van der Waals surface area contributed by atoms with E-state index in [0.717, 1.165) is 13.0 Å². The lowest BCUT2D eigenvalue weighted by atomic mass is 10.2. The molecule has 1 aliphatic carbocycles. The Morgan fingerprint density at radius 2 is 2.00 bits per heavy atom. The van der Waals surface area contributed by atoms with E-state index in [1.54, 1.807) is 0 Å². The van der Waals surface area contributed by atoms with E-state index in [-0.39, 0.29) is 0 Å². The van der Waals surface area contributed by atoms with Crippen LogP contribution in [0.2, 0.25) is 0 Å². The Hall–Kier alpha value is -0.340. The van der Waals surface area contributed by atoms with E-state index in [9.17, 15) is 0 Å². The number of unbranched alkanes of at least 4 members (excludes halogenated alkanes) is 3. The molecule has 0 saturated heterocycles. The molecular weight excluding hydrogens is 174 g/mol. The fourth-order valence-electron chi connectivity index (χ4n) is 1.85. The Kier molecular flexibility index (Phi) is 6.71. The minimum absolute atomic E-state index is 0.489. The van der Waals surface area contributed by atoms with Crippen molar-refractivity contribution in [1.82, 2.24) is 5.48 Å². The summed E-state index contributed by atoms with van der Waals surface area (Å²) < 4.78 is 0. The zero-order valence-corrected chi connectivity index (χ0v) is 9.13. The molecule has 0 unspecified atom stereocenters. The number of hydrogen-bond donors (Lipinski definition) is 1. The van der Waals surface area contributed by atoms with Crippen LogP contribution in [-0.4, -0.2) is 12.6 Å². The summed E-state index contributed by atoms with van der Waals surface area (Å²) in [7, 11) is 0. The van der Waals surface area contributed by atoms with Crippen LogP contribution in [0.3, 0.4) is 0 Å². The quantitative estimate of drug-likeness (QED) is 0.366. The molecule has 0 aliphatic heterocycles. The van der Waals surface area contributed by atoms with Gasteiger partial charge in [0, 0.05) is 6.54 Å². The lowest BCUT2D eigenvalue weighted by molar-refractivity contribution is -0.0209. The summed E-state index contributed by atoms with van der Waals surface area (Å²) in [6.07, 6.45) is 12.5. The minimum Gasteiger partial charge on any atom is -0.299 e. The van der Waals surface area contributed by atoms with Gasteiger partial charge in [-0.25, -0.2) is 5.48 Å². The molecule has 82 valence electrons. The van der Waals surface area contributed by atoms with Crippen LogP contribution < -0.4 is 5.48 Å². The van der Waals surface area contributed by atoms with Crippen molar-refractivity contribution in [1.29, 1.82) is 0 Å². The van der Waals surface area contributed by atoms with Crippen molar-refractivity contribution in [3.63, 3.8) is 0 Å². The van der Waals surface area contributed by atoms with Crippen molar-refractivity contribution in [2.45, 2.75) is 57.5 Å². The third-order valence-corrected chi connectivity index (χ3v) is 2.74. The van der Waals surface area contributed by atoms with Gasteiger partial charge in [0.25, 0.3) is 0 Å².